The Hall–Kier alpha value is -3.47. The van der Waals surface area contributed by atoms with Crippen molar-refractivity contribution >= 4 is 17.3 Å². The number of rotatable bonds is 10. The second-order valence-electron chi connectivity index (χ2n) is 6.37. The van der Waals surface area contributed by atoms with Crippen LogP contribution in [0.5, 0.6) is 11.5 Å². The minimum atomic E-state index is -0.0700. The van der Waals surface area contributed by atoms with Crippen LogP contribution in [0, 0.1) is 0 Å². The third-order valence-electron chi connectivity index (χ3n) is 4.22. The highest BCUT2D eigenvalue weighted by atomic mass is 16.5. The van der Waals surface area contributed by atoms with Crippen molar-refractivity contribution in [1.29, 1.82) is 0 Å². The van der Waals surface area contributed by atoms with Crippen LogP contribution in [0.3, 0.4) is 0 Å². The minimum Gasteiger partial charge on any atom is -0.490 e. The lowest BCUT2D eigenvalue weighted by molar-refractivity contribution is -0.121. The zero-order valence-corrected chi connectivity index (χ0v) is 16.6. The van der Waals surface area contributed by atoms with Gasteiger partial charge in [0.25, 0.3) is 0 Å². The van der Waals surface area contributed by atoms with E-state index < -0.39 is 0 Å². The van der Waals surface area contributed by atoms with Gasteiger partial charge in [-0.2, -0.15) is 0 Å². The van der Waals surface area contributed by atoms with Crippen molar-refractivity contribution in [3.05, 3.63) is 84.9 Å². The third-order valence-corrected chi connectivity index (χ3v) is 4.22. The largest absolute Gasteiger partial charge is 0.490 e. The SMILES string of the molecule is CCOc1ccccc1OCCCC(=O)NN(c1ccccc1)c1ccccc1. The molecule has 5 heteroatoms. The van der Waals surface area contributed by atoms with Gasteiger partial charge in [0.1, 0.15) is 0 Å². The Labute approximate surface area is 171 Å². The first-order valence-electron chi connectivity index (χ1n) is 9.82. The number of benzene rings is 3. The molecule has 5 nitrogen and oxygen atoms in total. The molecule has 0 spiro atoms. The maximum atomic E-state index is 12.5. The maximum Gasteiger partial charge on any atom is 0.238 e. The number of para-hydroxylation sites is 4. The first-order valence-corrected chi connectivity index (χ1v) is 9.82. The van der Waals surface area contributed by atoms with E-state index in [9.17, 15) is 4.79 Å². The molecule has 0 radical (unpaired) electrons. The zero-order chi connectivity index (χ0) is 20.3. The number of amides is 1. The lowest BCUT2D eigenvalue weighted by Gasteiger charge is -2.25. The summed E-state index contributed by atoms with van der Waals surface area (Å²) < 4.78 is 11.4. The molecule has 0 aliphatic carbocycles. The van der Waals surface area contributed by atoms with Crippen molar-refractivity contribution in [2.45, 2.75) is 19.8 Å². The molecule has 3 aromatic rings. The molecule has 0 bridgehead atoms. The van der Waals surface area contributed by atoms with E-state index in [0.29, 0.717) is 31.8 Å². The lowest BCUT2D eigenvalue weighted by atomic mass is 10.2. The summed E-state index contributed by atoms with van der Waals surface area (Å²) in [7, 11) is 0. The molecule has 0 aromatic heterocycles. The lowest BCUT2D eigenvalue weighted by Crippen LogP contribution is -2.38. The summed E-state index contributed by atoms with van der Waals surface area (Å²) >= 11 is 0. The Bertz CT molecular complexity index is 845. The number of carbonyl (C=O) groups excluding carboxylic acids is 1. The van der Waals surface area contributed by atoms with Gasteiger partial charge in [0.2, 0.25) is 5.91 Å². The fourth-order valence-electron chi connectivity index (χ4n) is 2.87. The van der Waals surface area contributed by atoms with Crippen LogP contribution < -0.4 is 19.9 Å². The van der Waals surface area contributed by atoms with Gasteiger partial charge in [0.05, 0.1) is 24.6 Å². The first kappa shape index (κ1) is 20.3. The highest BCUT2D eigenvalue weighted by molar-refractivity contribution is 5.80. The van der Waals surface area contributed by atoms with Gasteiger partial charge in [-0.25, -0.2) is 0 Å². The highest BCUT2D eigenvalue weighted by Crippen LogP contribution is 2.26. The highest BCUT2D eigenvalue weighted by Gasteiger charge is 2.12. The summed E-state index contributed by atoms with van der Waals surface area (Å²) in [4.78, 5) is 12.5. The van der Waals surface area contributed by atoms with Gasteiger partial charge < -0.3 is 9.47 Å². The number of hydrogen-bond donors (Lipinski definition) is 1. The molecular formula is C24H26N2O3. The summed E-state index contributed by atoms with van der Waals surface area (Å²) in [5, 5.41) is 1.80. The van der Waals surface area contributed by atoms with Crippen molar-refractivity contribution in [3.8, 4) is 11.5 Å². The van der Waals surface area contributed by atoms with Gasteiger partial charge in [-0.05, 0) is 49.7 Å². The quantitative estimate of drug-likeness (QED) is 0.386. The molecule has 0 atom stereocenters. The Kier molecular flexibility index (Phi) is 7.52. The van der Waals surface area contributed by atoms with Crippen LogP contribution >= 0.6 is 0 Å². The summed E-state index contributed by atoms with van der Waals surface area (Å²) in [6.45, 7) is 2.96. The average Bonchev–Trinajstić information content (AvgIpc) is 2.77. The Morgan fingerprint density at radius 2 is 1.31 bits per heavy atom. The van der Waals surface area contributed by atoms with E-state index in [4.69, 9.17) is 9.47 Å². The number of nitrogens with zero attached hydrogens (tertiary/aromatic N) is 1. The predicted octanol–water partition coefficient (Wildman–Crippen LogP) is 5.11. The fraction of sp³-hybridized carbons (Fsp3) is 0.208. The molecule has 0 heterocycles. The molecule has 3 aromatic carbocycles. The van der Waals surface area contributed by atoms with E-state index in [2.05, 4.69) is 5.43 Å². The van der Waals surface area contributed by atoms with E-state index in [1.165, 1.54) is 0 Å². The topological polar surface area (TPSA) is 50.8 Å². The van der Waals surface area contributed by atoms with Crippen molar-refractivity contribution in [1.82, 2.24) is 5.43 Å². The normalized spacial score (nSPS) is 10.2. The molecule has 29 heavy (non-hydrogen) atoms. The first-order chi connectivity index (χ1) is 14.3. The van der Waals surface area contributed by atoms with Crippen LogP contribution in [0.1, 0.15) is 19.8 Å². The van der Waals surface area contributed by atoms with Crippen LogP contribution in [-0.2, 0) is 4.79 Å². The monoisotopic (exact) mass is 390 g/mol. The van der Waals surface area contributed by atoms with Gasteiger partial charge in [-0.15, -0.1) is 0 Å². The molecule has 0 fully saturated rings. The molecule has 1 N–H and O–H groups in total. The molecule has 0 aliphatic rings. The van der Waals surface area contributed by atoms with Crippen LogP contribution in [-0.4, -0.2) is 19.1 Å². The number of anilines is 2. The zero-order valence-electron chi connectivity index (χ0n) is 16.6. The molecule has 1 amide bonds. The Morgan fingerprint density at radius 1 is 0.793 bits per heavy atom. The van der Waals surface area contributed by atoms with Crippen LogP contribution in [0.15, 0.2) is 84.9 Å². The fourth-order valence-corrected chi connectivity index (χ4v) is 2.87. The van der Waals surface area contributed by atoms with Crippen molar-refractivity contribution in [3.63, 3.8) is 0 Å². The van der Waals surface area contributed by atoms with E-state index in [1.54, 1.807) is 5.01 Å². The summed E-state index contributed by atoms with van der Waals surface area (Å²) in [6, 6.07) is 27.1. The van der Waals surface area contributed by atoms with Gasteiger partial charge >= 0.3 is 0 Å². The average molecular weight is 390 g/mol. The molecule has 0 saturated heterocycles. The van der Waals surface area contributed by atoms with Crippen molar-refractivity contribution < 1.29 is 14.3 Å². The summed E-state index contributed by atoms with van der Waals surface area (Å²) in [6.07, 6.45) is 0.955. The van der Waals surface area contributed by atoms with Gasteiger partial charge in [-0.1, -0.05) is 48.5 Å². The molecule has 0 unspecified atom stereocenters. The maximum absolute atomic E-state index is 12.5. The van der Waals surface area contributed by atoms with E-state index in [0.717, 1.165) is 17.1 Å². The Morgan fingerprint density at radius 3 is 1.86 bits per heavy atom. The summed E-state index contributed by atoms with van der Waals surface area (Å²) in [5.74, 6) is 1.35. The van der Waals surface area contributed by atoms with Crippen molar-refractivity contribution in [2.24, 2.45) is 0 Å². The summed E-state index contributed by atoms with van der Waals surface area (Å²) in [5.41, 5.74) is 4.79. The molecule has 150 valence electrons. The van der Waals surface area contributed by atoms with E-state index in [1.807, 2.05) is 91.9 Å². The standard InChI is InChI=1S/C24H26N2O3/c1-2-28-22-16-9-10-17-23(22)29-19-11-18-24(27)25-26(20-12-5-3-6-13-20)21-14-7-4-8-15-21/h3-10,12-17H,2,11,18-19H2,1H3,(H,25,27). The number of carbonyl (C=O) groups is 1. The number of nitrogens with one attached hydrogen (secondary N) is 1. The van der Waals surface area contributed by atoms with Gasteiger partial charge in [0, 0.05) is 6.42 Å². The smallest absolute Gasteiger partial charge is 0.238 e. The van der Waals surface area contributed by atoms with Crippen LogP contribution in [0.4, 0.5) is 11.4 Å². The predicted molar refractivity (Wildman–Crippen MR) is 116 cm³/mol. The van der Waals surface area contributed by atoms with Gasteiger partial charge in [0.15, 0.2) is 11.5 Å². The van der Waals surface area contributed by atoms with Crippen LogP contribution in [0.2, 0.25) is 0 Å². The second-order valence-corrected chi connectivity index (χ2v) is 6.37. The number of hydrazine groups is 1. The third kappa shape index (κ3) is 6.01. The van der Waals surface area contributed by atoms with Crippen molar-refractivity contribution in [2.75, 3.05) is 18.2 Å². The molecular weight excluding hydrogens is 364 g/mol. The van der Waals surface area contributed by atoms with Crippen LogP contribution in [0.25, 0.3) is 0 Å². The molecule has 0 aliphatic heterocycles. The van der Waals surface area contributed by atoms with E-state index >= 15 is 0 Å². The number of hydrogen-bond acceptors (Lipinski definition) is 4. The second kappa shape index (κ2) is 10.8. The Balaban J connectivity index is 1.55. The van der Waals surface area contributed by atoms with Gasteiger partial charge in [-0.3, -0.25) is 15.2 Å². The molecule has 3 rings (SSSR count). The van der Waals surface area contributed by atoms with E-state index in [-0.39, 0.29) is 5.91 Å². The minimum absolute atomic E-state index is 0.0700. The molecule has 0 saturated carbocycles. The number of ether oxygens (including phenoxy) is 2.